The van der Waals surface area contributed by atoms with Crippen LogP contribution in [0.3, 0.4) is 0 Å². The van der Waals surface area contributed by atoms with Gasteiger partial charge in [0.25, 0.3) is 0 Å². The van der Waals surface area contributed by atoms with Crippen LogP contribution in [0.1, 0.15) is 77.7 Å². The summed E-state index contributed by atoms with van der Waals surface area (Å²) in [6, 6.07) is 9.09. The molecule has 1 aromatic heterocycles. The number of amides is 1. The fourth-order valence-corrected chi connectivity index (χ4v) is 5.16. The first kappa shape index (κ1) is 23.4. The van der Waals surface area contributed by atoms with Gasteiger partial charge in [-0.15, -0.1) is 0 Å². The van der Waals surface area contributed by atoms with Crippen molar-refractivity contribution in [3.63, 3.8) is 0 Å². The van der Waals surface area contributed by atoms with E-state index in [0.717, 1.165) is 32.2 Å². The van der Waals surface area contributed by atoms with Gasteiger partial charge in [0.05, 0.1) is 0 Å². The van der Waals surface area contributed by atoms with E-state index in [1.165, 1.54) is 28.6 Å². The molecule has 2 aromatic rings. The van der Waals surface area contributed by atoms with Crippen LogP contribution in [-0.2, 0) is 11.8 Å². The third kappa shape index (κ3) is 6.36. The van der Waals surface area contributed by atoms with E-state index in [9.17, 15) is 4.79 Å². The lowest BCUT2D eigenvalue weighted by molar-refractivity contribution is -0.129. The van der Waals surface area contributed by atoms with Crippen LogP contribution in [-0.4, -0.2) is 22.2 Å². The highest BCUT2D eigenvalue weighted by Gasteiger charge is 2.29. The lowest BCUT2D eigenvalue weighted by Gasteiger charge is -2.36. The van der Waals surface area contributed by atoms with Gasteiger partial charge < -0.3 is 9.88 Å². The molecule has 5 heteroatoms. The third-order valence-corrected chi connectivity index (χ3v) is 6.70. The van der Waals surface area contributed by atoms with Crippen molar-refractivity contribution in [3.8, 4) is 0 Å². The zero-order chi connectivity index (χ0) is 22.6. The molecule has 0 spiro atoms. The van der Waals surface area contributed by atoms with Crippen molar-refractivity contribution in [2.24, 2.45) is 17.9 Å². The number of carbonyl (C=O) groups excluding carboxylic acids is 1. The summed E-state index contributed by atoms with van der Waals surface area (Å²) in [5.74, 6) is 0.289. The Morgan fingerprint density at radius 3 is 2.65 bits per heavy atom. The summed E-state index contributed by atoms with van der Waals surface area (Å²) in [5, 5.41) is 13.7. The Balaban J connectivity index is 1.51. The fraction of sp³-hybridized carbons (Fsp3) is 0.577. The van der Waals surface area contributed by atoms with Gasteiger partial charge in [-0.3, -0.25) is 10.0 Å². The topological polar surface area (TPSA) is 66.3 Å². The zero-order valence-electron chi connectivity index (χ0n) is 19.8. The summed E-state index contributed by atoms with van der Waals surface area (Å²) in [5.41, 5.74) is 6.00. The number of fused-ring (bicyclic) bond motifs is 1. The molecular weight excluding hydrogens is 386 g/mol. The predicted molar refractivity (Wildman–Crippen MR) is 127 cm³/mol. The van der Waals surface area contributed by atoms with Gasteiger partial charge in [0.1, 0.15) is 0 Å². The number of carbonyl (C=O) groups is 1. The minimum absolute atomic E-state index is 0.0415. The van der Waals surface area contributed by atoms with Gasteiger partial charge in [0.15, 0.2) is 0 Å². The van der Waals surface area contributed by atoms with E-state index in [1.54, 1.807) is 5.48 Å². The minimum Gasteiger partial charge on any atom is -0.388 e. The standard InChI is InChI=1S/C26H39N3O2/c1-25(2,14-12-24(30)28-31)17-26(3,4)18-27-22-9-6-19(7-10-22)20-8-11-23-21(16-20)13-15-29(23)5/h8-9,11,13,15-16,19,27,31H,6-7,10,12,14,17-18H2,1-5H3,(H,28,30). The molecule has 0 fully saturated rings. The molecule has 1 aliphatic rings. The van der Waals surface area contributed by atoms with Crippen molar-refractivity contribution >= 4 is 16.8 Å². The lowest BCUT2D eigenvalue weighted by Crippen LogP contribution is -2.34. The van der Waals surface area contributed by atoms with E-state index >= 15 is 0 Å². The van der Waals surface area contributed by atoms with Crippen LogP contribution in [0, 0.1) is 10.8 Å². The highest BCUT2D eigenvalue weighted by molar-refractivity contribution is 5.81. The molecule has 0 saturated heterocycles. The molecular formula is C26H39N3O2. The van der Waals surface area contributed by atoms with Gasteiger partial charge in [-0.05, 0) is 78.0 Å². The zero-order valence-corrected chi connectivity index (χ0v) is 19.8. The monoisotopic (exact) mass is 425 g/mol. The smallest absolute Gasteiger partial charge is 0.243 e. The Morgan fingerprint density at radius 1 is 1.19 bits per heavy atom. The van der Waals surface area contributed by atoms with Gasteiger partial charge >= 0.3 is 0 Å². The summed E-state index contributed by atoms with van der Waals surface area (Å²) in [6.45, 7) is 9.90. The summed E-state index contributed by atoms with van der Waals surface area (Å²) in [6.07, 6.45) is 10.00. The normalized spacial score (nSPS) is 17.5. The van der Waals surface area contributed by atoms with Crippen LogP contribution in [0.5, 0.6) is 0 Å². The van der Waals surface area contributed by atoms with Crippen LogP contribution in [0.25, 0.3) is 10.9 Å². The summed E-state index contributed by atoms with van der Waals surface area (Å²) in [4.78, 5) is 11.4. The average Bonchev–Trinajstić information content (AvgIpc) is 3.10. The quantitative estimate of drug-likeness (QED) is 0.359. The first-order valence-electron chi connectivity index (χ1n) is 11.5. The lowest BCUT2D eigenvalue weighted by atomic mass is 9.72. The van der Waals surface area contributed by atoms with Gasteiger partial charge in [-0.25, -0.2) is 5.48 Å². The molecule has 3 N–H and O–H groups in total. The van der Waals surface area contributed by atoms with Crippen molar-refractivity contribution in [2.45, 2.75) is 72.1 Å². The molecule has 0 radical (unpaired) electrons. The maximum absolute atomic E-state index is 11.4. The van der Waals surface area contributed by atoms with E-state index in [2.05, 4.69) is 81.2 Å². The molecule has 1 heterocycles. The number of allylic oxidation sites excluding steroid dienone is 2. The Labute approximate surface area is 186 Å². The number of nitrogens with one attached hydrogen (secondary N) is 2. The van der Waals surface area contributed by atoms with Crippen LogP contribution in [0.2, 0.25) is 0 Å². The van der Waals surface area contributed by atoms with Crippen molar-refractivity contribution in [3.05, 3.63) is 47.8 Å². The van der Waals surface area contributed by atoms with Crippen LogP contribution in [0.4, 0.5) is 0 Å². The number of aromatic nitrogens is 1. The molecule has 1 unspecified atom stereocenters. The molecule has 5 nitrogen and oxygen atoms in total. The Bertz CT molecular complexity index is 939. The van der Waals surface area contributed by atoms with Crippen LogP contribution in [0.15, 0.2) is 42.2 Å². The van der Waals surface area contributed by atoms with E-state index in [1.807, 2.05) is 0 Å². The number of nitrogens with zero attached hydrogens (tertiary/aromatic N) is 1. The fourth-order valence-electron chi connectivity index (χ4n) is 5.16. The molecule has 1 atom stereocenters. The molecule has 3 rings (SSSR count). The van der Waals surface area contributed by atoms with E-state index in [0.29, 0.717) is 12.3 Å². The number of aryl methyl sites for hydroxylation is 1. The third-order valence-electron chi connectivity index (χ3n) is 6.70. The first-order chi connectivity index (χ1) is 14.6. The molecule has 0 bridgehead atoms. The number of rotatable bonds is 9. The van der Waals surface area contributed by atoms with Gasteiger partial charge in [0.2, 0.25) is 5.91 Å². The molecule has 1 amide bonds. The largest absolute Gasteiger partial charge is 0.388 e. The van der Waals surface area contributed by atoms with Crippen molar-refractivity contribution in [1.82, 2.24) is 15.4 Å². The summed E-state index contributed by atoms with van der Waals surface area (Å²) in [7, 11) is 2.10. The van der Waals surface area contributed by atoms with Crippen LogP contribution < -0.4 is 10.8 Å². The van der Waals surface area contributed by atoms with Crippen molar-refractivity contribution in [2.75, 3.05) is 6.54 Å². The van der Waals surface area contributed by atoms with Gasteiger partial charge in [-0.2, -0.15) is 0 Å². The molecule has 1 aromatic carbocycles. The summed E-state index contributed by atoms with van der Waals surface area (Å²) < 4.78 is 2.17. The highest BCUT2D eigenvalue weighted by atomic mass is 16.5. The second kappa shape index (κ2) is 9.47. The minimum atomic E-state index is -0.308. The molecule has 0 saturated carbocycles. The average molecular weight is 426 g/mol. The van der Waals surface area contributed by atoms with Crippen molar-refractivity contribution < 1.29 is 10.0 Å². The molecule has 1 aliphatic carbocycles. The molecule has 31 heavy (non-hydrogen) atoms. The SMILES string of the molecule is Cn1ccc2cc(C3CC=C(NCC(C)(C)CC(C)(C)CCC(=O)NO)CC3)ccc21. The number of hydrogen-bond donors (Lipinski definition) is 3. The Morgan fingerprint density at radius 2 is 1.97 bits per heavy atom. The van der Waals surface area contributed by atoms with Gasteiger partial charge in [0, 0.05) is 37.4 Å². The highest BCUT2D eigenvalue weighted by Crippen LogP contribution is 2.38. The number of benzene rings is 1. The second-order valence-electron chi connectivity index (χ2n) is 10.8. The van der Waals surface area contributed by atoms with Crippen molar-refractivity contribution in [1.29, 1.82) is 0 Å². The van der Waals surface area contributed by atoms with Crippen LogP contribution >= 0.6 is 0 Å². The maximum Gasteiger partial charge on any atom is 0.243 e. The first-order valence-corrected chi connectivity index (χ1v) is 11.5. The number of hydrogen-bond acceptors (Lipinski definition) is 3. The Hall–Kier alpha value is -2.27. The van der Waals surface area contributed by atoms with Gasteiger partial charge in [-0.1, -0.05) is 39.8 Å². The van der Waals surface area contributed by atoms with E-state index < -0.39 is 0 Å². The molecule has 170 valence electrons. The van der Waals surface area contributed by atoms with E-state index in [4.69, 9.17) is 5.21 Å². The Kier molecular flexibility index (Phi) is 7.15. The van der Waals surface area contributed by atoms with E-state index in [-0.39, 0.29) is 16.7 Å². The number of hydroxylamine groups is 1. The second-order valence-corrected chi connectivity index (χ2v) is 10.8. The molecule has 0 aliphatic heterocycles. The predicted octanol–water partition coefficient (Wildman–Crippen LogP) is 5.65. The maximum atomic E-state index is 11.4. The summed E-state index contributed by atoms with van der Waals surface area (Å²) >= 11 is 0.